The van der Waals surface area contributed by atoms with E-state index in [1.54, 1.807) is 24.3 Å². The fourth-order valence-electron chi connectivity index (χ4n) is 1.66. The average Bonchev–Trinajstić information content (AvgIpc) is 2.69. The van der Waals surface area contributed by atoms with Gasteiger partial charge in [-0.15, -0.1) is 0 Å². The van der Waals surface area contributed by atoms with E-state index >= 15 is 0 Å². The van der Waals surface area contributed by atoms with Crippen LogP contribution in [0, 0.1) is 0 Å². The van der Waals surface area contributed by atoms with Crippen LogP contribution in [-0.4, -0.2) is 24.6 Å². The van der Waals surface area contributed by atoms with Gasteiger partial charge in [-0.1, -0.05) is 6.07 Å². The second-order valence-electron chi connectivity index (χ2n) is 4.49. The lowest BCUT2D eigenvalue weighted by Crippen LogP contribution is -2.29. The highest BCUT2D eigenvalue weighted by Crippen LogP contribution is 2.23. The molecule has 1 heterocycles. The van der Waals surface area contributed by atoms with Crippen LogP contribution >= 0.6 is 0 Å². The summed E-state index contributed by atoms with van der Waals surface area (Å²) >= 11 is 0. The van der Waals surface area contributed by atoms with Crippen molar-refractivity contribution in [3.63, 3.8) is 0 Å². The molecular weight excluding hydrogens is 244 g/mol. The minimum absolute atomic E-state index is 0.328. The van der Waals surface area contributed by atoms with Crippen molar-refractivity contribution >= 4 is 17.5 Å². The zero-order chi connectivity index (χ0) is 13.8. The number of hydrogen-bond donors (Lipinski definition) is 1. The Morgan fingerprint density at radius 3 is 2.53 bits per heavy atom. The van der Waals surface area contributed by atoms with Crippen LogP contribution < -0.4 is 15.0 Å². The van der Waals surface area contributed by atoms with Gasteiger partial charge in [0.1, 0.15) is 12.5 Å². The Kier molecular flexibility index (Phi) is 3.97. The number of nitrogens with zero attached hydrogens (tertiary/aromatic N) is 1. The Morgan fingerprint density at radius 1 is 1.21 bits per heavy atom. The molecule has 5 nitrogen and oxygen atoms in total. The Hall–Kier alpha value is -2.14. The predicted molar refractivity (Wildman–Crippen MR) is 71.8 cm³/mol. The third kappa shape index (κ3) is 3.20. The monoisotopic (exact) mass is 260 g/mol. The van der Waals surface area contributed by atoms with Crippen molar-refractivity contribution in [2.24, 2.45) is 0 Å². The molecule has 1 aromatic rings. The Morgan fingerprint density at radius 2 is 1.89 bits per heavy atom. The Bertz CT molecular complexity index is 505. The van der Waals surface area contributed by atoms with Crippen LogP contribution in [-0.2, 0) is 9.59 Å². The standard InChI is InChI=1S/C14H16N2O3/c1-10(2)15-9-19-12-5-3-4-11(8-12)16-13(17)6-7-14(16)18/h3-8,10,15H,9H2,1-2H3. The molecule has 0 bridgehead atoms. The maximum absolute atomic E-state index is 11.6. The molecule has 0 aromatic heterocycles. The summed E-state index contributed by atoms with van der Waals surface area (Å²) in [5.41, 5.74) is 0.516. The van der Waals surface area contributed by atoms with E-state index in [0.717, 1.165) is 4.90 Å². The highest BCUT2D eigenvalue weighted by Gasteiger charge is 2.25. The molecular formula is C14H16N2O3. The molecule has 100 valence electrons. The minimum Gasteiger partial charge on any atom is -0.478 e. The molecule has 0 aliphatic carbocycles. The van der Waals surface area contributed by atoms with Crippen LogP contribution in [0.25, 0.3) is 0 Å². The molecule has 0 unspecified atom stereocenters. The normalized spacial score (nSPS) is 14.6. The van der Waals surface area contributed by atoms with E-state index in [0.29, 0.717) is 24.2 Å². The topological polar surface area (TPSA) is 58.6 Å². The molecule has 5 heteroatoms. The maximum atomic E-state index is 11.6. The Labute approximate surface area is 111 Å². The summed E-state index contributed by atoms with van der Waals surface area (Å²) in [7, 11) is 0. The van der Waals surface area contributed by atoms with E-state index in [1.165, 1.54) is 12.2 Å². The lowest BCUT2D eigenvalue weighted by Gasteiger charge is -2.15. The van der Waals surface area contributed by atoms with Gasteiger partial charge in [0.25, 0.3) is 11.8 Å². The molecule has 1 aliphatic heterocycles. The van der Waals surface area contributed by atoms with Gasteiger partial charge < -0.3 is 4.74 Å². The van der Waals surface area contributed by atoms with Crippen molar-refractivity contribution in [3.05, 3.63) is 36.4 Å². The number of benzene rings is 1. The lowest BCUT2D eigenvalue weighted by atomic mass is 10.2. The van der Waals surface area contributed by atoms with Gasteiger partial charge in [-0.3, -0.25) is 14.9 Å². The van der Waals surface area contributed by atoms with E-state index in [-0.39, 0.29) is 11.8 Å². The second-order valence-corrected chi connectivity index (χ2v) is 4.49. The SMILES string of the molecule is CC(C)NCOc1cccc(N2C(=O)C=CC2=O)c1. The first kappa shape index (κ1) is 13.3. The number of ether oxygens (including phenoxy) is 1. The summed E-state index contributed by atoms with van der Waals surface area (Å²) in [5, 5.41) is 3.12. The predicted octanol–water partition coefficient (Wildman–Crippen LogP) is 1.45. The lowest BCUT2D eigenvalue weighted by molar-refractivity contribution is -0.119. The van der Waals surface area contributed by atoms with Crippen molar-refractivity contribution in [1.82, 2.24) is 5.32 Å². The molecule has 0 fully saturated rings. The molecule has 0 atom stereocenters. The molecule has 1 N–H and O–H groups in total. The molecule has 0 saturated carbocycles. The first-order valence-corrected chi connectivity index (χ1v) is 6.10. The van der Waals surface area contributed by atoms with Crippen LogP contribution in [0.5, 0.6) is 5.75 Å². The largest absolute Gasteiger partial charge is 0.478 e. The smallest absolute Gasteiger partial charge is 0.258 e. The van der Waals surface area contributed by atoms with Gasteiger partial charge in [0, 0.05) is 24.3 Å². The fraction of sp³-hybridized carbons (Fsp3) is 0.286. The van der Waals surface area contributed by atoms with Crippen molar-refractivity contribution in [1.29, 1.82) is 0 Å². The average molecular weight is 260 g/mol. The van der Waals surface area contributed by atoms with Gasteiger partial charge in [-0.25, -0.2) is 4.90 Å². The van der Waals surface area contributed by atoms with Gasteiger partial charge in [0.2, 0.25) is 0 Å². The number of hydrogen-bond acceptors (Lipinski definition) is 4. The van der Waals surface area contributed by atoms with Crippen LogP contribution in [0.1, 0.15) is 13.8 Å². The summed E-state index contributed by atoms with van der Waals surface area (Å²) in [6.07, 6.45) is 2.52. The number of carbonyl (C=O) groups is 2. The van der Waals surface area contributed by atoms with Crippen LogP contribution in [0.3, 0.4) is 0 Å². The molecule has 1 aromatic carbocycles. The molecule has 2 amide bonds. The van der Waals surface area contributed by atoms with Gasteiger partial charge in [-0.05, 0) is 26.0 Å². The number of carbonyl (C=O) groups excluding carboxylic acids is 2. The highest BCUT2D eigenvalue weighted by atomic mass is 16.5. The van der Waals surface area contributed by atoms with Crippen molar-refractivity contribution in [2.45, 2.75) is 19.9 Å². The Balaban J connectivity index is 2.07. The molecule has 2 rings (SSSR count). The van der Waals surface area contributed by atoms with E-state index in [1.807, 2.05) is 13.8 Å². The van der Waals surface area contributed by atoms with Crippen molar-refractivity contribution in [3.8, 4) is 5.75 Å². The van der Waals surface area contributed by atoms with Crippen LogP contribution in [0.15, 0.2) is 36.4 Å². The summed E-state index contributed by atoms with van der Waals surface area (Å²) in [5.74, 6) is -0.0527. The second kappa shape index (κ2) is 5.67. The summed E-state index contributed by atoms with van der Waals surface area (Å²) in [6, 6.07) is 7.23. The molecule has 1 aliphatic rings. The van der Waals surface area contributed by atoms with Gasteiger partial charge in [0.05, 0.1) is 5.69 Å². The van der Waals surface area contributed by atoms with E-state index in [9.17, 15) is 9.59 Å². The van der Waals surface area contributed by atoms with E-state index in [2.05, 4.69) is 5.32 Å². The zero-order valence-electron chi connectivity index (χ0n) is 10.9. The van der Waals surface area contributed by atoms with Crippen molar-refractivity contribution < 1.29 is 14.3 Å². The maximum Gasteiger partial charge on any atom is 0.258 e. The van der Waals surface area contributed by atoms with Crippen LogP contribution in [0.2, 0.25) is 0 Å². The number of rotatable bonds is 5. The number of imide groups is 1. The first-order valence-electron chi connectivity index (χ1n) is 6.10. The third-order valence-electron chi connectivity index (χ3n) is 2.62. The molecule has 19 heavy (non-hydrogen) atoms. The number of anilines is 1. The third-order valence-corrected chi connectivity index (χ3v) is 2.62. The minimum atomic E-state index is -0.331. The van der Waals surface area contributed by atoms with E-state index < -0.39 is 0 Å². The highest BCUT2D eigenvalue weighted by molar-refractivity contribution is 6.28. The zero-order valence-corrected chi connectivity index (χ0v) is 10.9. The summed E-state index contributed by atoms with van der Waals surface area (Å²) in [4.78, 5) is 24.2. The quantitative estimate of drug-likeness (QED) is 0.643. The van der Waals surface area contributed by atoms with Gasteiger partial charge in [-0.2, -0.15) is 0 Å². The summed E-state index contributed by atoms with van der Waals surface area (Å²) in [6.45, 7) is 4.42. The van der Waals surface area contributed by atoms with E-state index in [4.69, 9.17) is 4.74 Å². The summed E-state index contributed by atoms with van der Waals surface area (Å²) < 4.78 is 5.51. The molecule has 0 saturated heterocycles. The van der Waals surface area contributed by atoms with Crippen LogP contribution in [0.4, 0.5) is 5.69 Å². The molecule has 0 spiro atoms. The van der Waals surface area contributed by atoms with Crippen molar-refractivity contribution in [2.75, 3.05) is 11.6 Å². The molecule has 0 radical (unpaired) electrons. The fourth-order valence-corrected chi connectivity index (χ4v) is 1.66. The number of nitrogens with one attached hydrogen (secondary N) is 1. The number of amides is 2. The van der Waals surface area contributed by atoms with Gasteiger partial charge >= 0.3 is 0 Å². The first-order chi connectivity index (χ1) is 9.08. The van der Waals surface area contributed by atoms with Gasteiger partial charge in [0.15, 0.2) is 0 Å².